The van der Waals surface area contributed by atoms with E-state index in [1.165, 1.54) is 0 Å². The minimum absolute atomic E-state index is 0.207. The fourth-order valence-corrected chi connectivity index (χ4v) is 3.83. The van der Waals surface area contributed by atoms with Crippen LogP contribution in [0.1, 0.15) is 16.2 Å². The van der Waals surface area contributed by atoms with Crippen LogP contribution in [0.3, 0.4) is 0 Å². The van der Waals surface area contributed by atoms with Crippen LogP contribution >= 0.6 is 11.6 Å². The van der Waals surface area contributed by atoms with E-state index in [4.69, 9.17) is 20.5 Å². The Morgan fingerprint density at radius 3 is 2.42 bits per heavy atom. The van der Waals surface area contributed by atoms with Crippen molar-refractivity contribution in [3.8, 4) is 28.8 Å². The molecule has 0 radical (unpaired) electrons. The van der Waals surface area contributed by atoms with Gasteiger partial charge in [-0.05, 0) is 36.4 Å². The average molecular weight is 460 g/mol. The number of aromatic nitrogens is 2. The van der Waals surface area contributed by atoms with Crippen molar-refractivity contribution in [2.45, 2.75) is 0 Å². The molecule has 0 bridgehead atoms. The number of amides is 1. The highest BCUT2D eigenvalue weighted by atomic mass is 35.5. The number of carbonyl (C=O) groups is 1. The highest BCUT2D eigenvalue weighted by Crippen LogP contribution is 2.29. The molecule has 1 aliphatic heterocycles. The molecule has 4 aromatic rings. The molecule has 0 unspecified atom stereocenters. The van der Waals surface area contributed by atoms with E-state index in [0.29, 0.717) is 48.7 Å². The fourth-order valence-electron chi connectivity index (χ4n) is 3.70. The third-order valence-electron chi connectivity index (χ3n) is 5.45. The summed E-state index contributed by atoms with van der Waals surface area (Å²) in [6, 6.07) is 20.3. The molecule has 8 nitrogen and oxygen atoms in total. The molecule has 33 heavy (non-hydrogen) atoms. The third-order valence-corrected chi connectivity index (χ3v) is 5.70. The van der Waals surface area contributed by atoms with Crippen molar-refractivity contribution < 1.29 is 13.7 Å². The molecule has 1 amide bonds. The molecule has 0 aliphatic carbocycles. The van der Waals surface area contributed by atoms with Gasteiger partial charge in [-0.2, -0.15) is 10.2 Å². The Balaban J connectivity index is 1.27. The van der Waals surface area contributed by atoms with E-state index in [0.717, 1.165) is 11.1 Å². The molecule has 2 aromatic heterocycles. The number of piperazine rings is 1. The number of benzene rings is 2. The highest BCUT2D eigenvalue weighted by molar-refractivity contribution is 6.30. The van der Waals surface area contributed by atoms with Crippen molar-refractivity contribution >= 4 is 23.4 Å². The lowest BCUT2D eigenvalue weighted by Crippen LogP contribution is -2.49. The Kier molecular flexibility index (Phi) is 5.55. The van der Waals surface area contributed by atoms with E-state index in [9.17, 15) is 10.1 Å². The molecule has 0 spiro atoms. The number of rotatable bonds is 4. The zero-order valence-corrected chi connectivity index (χ0v) is 18.2. The van der Waals surface area contributed by atoms with Crippen LogP contribution in [-0.2, 0) is 0 Å². The van der Waals surface area contributed by atoms with Gasteiger partial charge in [0.15, 0.2) is 11.5 Å². The van der Waals surface area contributed by atoms with Gasteiger partial charge in [0.25, 0.3) is 5.91 Å². The largest absolute Gasteiger partial charge is 0.419 e. The number of anilines is 1. The molecule has 1 aliphatic rings. The molecular weight excluding hydrogens is 442 g/mol. The van der Waals surface area contributed by atoms with E-state index >= 15 is 0 Å². The second-order valence-electron chi connectivity index (χ2n) is 7.51. The van der Waals surface area contributed by atoms with Gasteiger partial charge >= 0.3 is 0 Å². The van der Waals surface area contributed by atoms with Gasteiger partial charge in [0.1, 0.15) is 6.07 Å². The summed E-state index contributed by atoms with van der Waals surface area (Å²) in [5, 5.41) is 14.1. The maximum absolute atomic E-state index is 12.9. The molecule has 2 aromatic carbocycles. The van der Waals surface area contributed by atoms with Gasteiger partial charge in [0, 0.05) is 48.4 Å². The Morgan fingerprint density at radius 2 is 1.73 bits per heavy atom. The topological polar surface area (TPSA) is 99.4 Å². The Bertz CT molecular complexity index is 1320. The van der Waals surface area contributed by atoms with Gasteiger partial charge in [-0.1, -0.05) is 35.0 Å². The summed E-state index contributed by atoms with van der Waals surface area (Å²) in [5.41, 5.74) is 2.07. The number of nitrogens with zero attached hydrogens (tertiary/aromatic N) is 5. The van der Waals surface area contributed by atoms with Gasteiger partial charge in [-0.3, -0.25) is 4.79 Å². The second kappa shape index (κ2) is 8.81. The van der Waals surface area contributed by atoms with E-state index < -0.39 is 0 Å². The Labute approximate surface area is 194 Å². The lowest BCUT2D eigenvalue weighted by Gasteiger charge is -2.34. The van der Waals surface area contributed by atoms with Crippen molar-refractivity contribution in [2.75, 3.05) is 31.1 Å². The van der Waals surface area contributed by atoms with Crippen LogP contribution in [0.5, 0.6) is 0 Å². The first-order chi connectivity index (χ1) is 16.1. The van der Waals surface area contributed by atoms with Crippen LogP contribution in [0.25, 0.3) is 22.8 Å². The SMILES string of the molecule is N#Cc1nc(-c2ccccc2)oc1N1CCN(C(=O)c2cc(-c3ccc(Cl)cc3)on2)CC1. The van der Waals surface area contributed by atoms with Gasteiger partial charge < -0.3 is 18.7 Å². The summed E-state index contributed by atoms with van der Waals surface area (Å²) >= 11 is 5.92. The summed E-state index contributed by atoms with van der Waals surface area (Å²) < 4.78 is 11.3. The minimum Gasteiger partial charge on any atom is -0.419 e. The van der Waals surface area contributed by atoms with E-state index in [1.54, 1.807) is 23.1 Å². The first-order valence-electron chi connectivity index (χ1n) is 10.4. The summed E-state index contributed by atoms with van der Waals surface area (Å²) in [6.45, 7) is 1.92. The summed E-state index contributed by atoms with van der Waals surface area (Å²) in [6.07, 6.45) is 0. The standard InChI is InChI=1S/C24H18ClN5O3/c25-18-8-6-16(7-9-18)21-14-19(28-33-21)23(31)29-10-12-30(13-11-29)24-20(15-26)27-22(32-24)17-4-2-1-3-5-17/h1-9,14H,10-13H2. The molecule has 0 N–H and O–H groups in total. The van der Waals surface area contributed by atoms with Gasteiger partial charge in [0.05, 0.1) is 0 Å². The van der Waals surface area contributed by atoms with Crippen molar-refractivity contribution in [2.24, 2.45) is 0 Å². The van der Waals surface area contributed by atoms with Crippen LogP contribution in [0.2, 0.25) is 5.02 Å². The molecule has 1 fully saturated rings. The predicted molar refractivity (Wildman–Crippen MR) is 122 cm³/mol. The quantitative estimate of drug-likeness (QED) is 0.443. The van der Waals surface area contributed by atoms with Crippen molar-refractivity contribution in [3.05, 3.63) is 77.1 Å². The molecule has 164 valence electrons. The first-order valence-corrected chi connectivity index (χ1v) is 10.7. The third kappa shape index (κ3) is 4.19. The number of nitriles is 1. The maximum atomic E-state index is 12.9. The number of halogens is 1. The fraction of sp³-hybridized carbons (Fsp3) is 0.167. The number of hydrogen-bond donors (Lipinski definition) is 0. The minimum atomic E-state index is -0.207. The first kappa shape index (κ1) is 20.8. The van der Waals surface area contributed by atoms with Gasteiger partial charge in [-0.15, -0.1) is 0 Å². The zero-order chi connectivity index (χ0) is 22.8. The van der Waals surface area contributed by atoms with Crippen LogP contribution in [0.15, 0.2) is 69.6 Å². The van der Waals surface area contributed by atoms with Crippen LogP contribution in [0.4, 0.5) is 5.88 Å². The Morgan fingerprint density at radius 1 is 1.00 bits per heavy atom. The smallest absolute Gasteiger partial charge is 0.276 e. The van der Waals surface area contributed by atoms with Gasteiger partial charge in [0.2, 0.25) is 17.5 Å². The van der Waals surface area contributed by atoms with Crippen molar-refractivity contribution in [1.29, 1.82) is 5.26 Å². The number of oxazole rings is 1. The zero-order valence-electron chi connectivity index (χ0n) is 17.4. The normalized spacial score (nSPS) is 13.7. The molecule has 0 atom stereocenters. The monoisotopic (exact) mass is 459 g/mol. The summed E-state index contributed by atoms with van der Waals surface area (Å²) in [5.74, 6) is 1.12. The van der Waals surface area contributed by atoms with Gasteiger partial charge in [-0.25, -0.2) is 0 Å². The molecule has 9 heteroatoms. The second-order valence-corrected chi connectivity index (χ2v) is 7.95. The molecule has 5 rings (SSSR count). The molecular formula is C24H18ClN5O3. The lowest BCUT2D eigenvalue weighted by atomic mass is 10.1. The van der Waals surface area contributed by atoms with Crippen LogP contribution < -0.4 is 4.90 Å². The predicted octanol–water partition coefficient (Wildman–Crippen LogP) is 4.48. The number of hydrogen-bond acceptors (Lipinski definition) is 7. The highest BCUT2D eigenvalue weighted by Gasteiger charge is 2.28. The van der Waals surface area contributed by atoms with E-state index in [-0.39, 0.29) is 17.3 Å². The molecule has 0 saturated carbocycles. The lowest BCUT2D eigenvalue weighted by molar-refractivity contribution is 0.0735. The van der Waals surface area contributed by atoms with E-state index in [2.05, 4.69) is 16.2 Å². The van der Waals surface area contributed by atoms with Crippen LogP contribution in [0, 0.1) is 11.3 Å². The number of carbonyl (C=O) groups excluding carboxylic acids is 1. The molecule has 3 heterocycles. The van der Waals surface area contributed by atoms with E-state index in [1.807, 2.05) is 47.4 Å². The average Bonchev–Trinajstić information content (AvgIpc) is 3.53. The maximum Gasteiger partial charge on any atom is 0.276 e. The van der Waals surface area contributed by atoms with Crippen molar-refractivity contribution in [3.63, 3.8) is 0 Å². The summed E-state index contributed by atoms with van der Waals surface area (Å²) in [4.78, 5) is 20.9. The van der Waals surface area contributed by atoms with Crippen molar-refractivity contribution in [1.82, 2.24) is 15.0 Å². The Hall–Kier alpha value is -4.09. The summed E-state index contributed by atoms with van der Waals surface area (Å²) in [7, 11) is 0. The van der Waals surface area contributed by atoms with Crippen LogP contribution in [-0.4, -0.2) is 47.1 Å². The molecule has 1 saturated heterocycles.